The smallest absolute Gasteiger partial charge is 0.187 e. The molecule has 20 heavy (non-hydrogen) atoms. The average Bonchev–Trinajstić information content (AvgIpc) is 2.78. The molecule has 2 heterocycles. The minimum atomic E-state index is -3.35. The van der Waals surface area contributed by atoms with Crippen molar-refractivity contribution in [3.63, 3.8) is 0 Å². The number of rotatable bonds is 4. The first kappa shape index (κ1) is 14.3. The van der Waals surface area contributed by atoms with Crippen molar-refractivity contribution in [1.29, 1.82) is 0 Å². The topological polar surface area (TPSA) is 55.4 Å². The fourth-order valence-corrected chi connectivity index (χ4v) is 4.71. The monoisotopic (exact) mass is 315 g/mol. The maximum atomic E-state index is 12.3. The van der Waals surface area contributed by atoms with E-state index in [9.17, 15) is 8.42 Å². The largest absolute Gasteiger partial charge is 0.379 e. The van der Waals surface area contributed by atoms with Crippen molar-refractivity contribution in [2.45, 2.75) is 35.4 Å². The molecule has 6 heteroatoms. The van der Waals surface area contributed by atoms with Crippen LogP contribution in [0, 0.1) is 0 Å². The molecule has 1 aromatic carbocycles. The second kappa shape index (κ2) is 5.64. The Bertz CT molecular complexity index is 592. The van der Waals surface area contributed by atoms with E-state index in [4.69, 9.17) is 16.3 Å². The van der Waals surface area contributed by atoms with Crippen LogP contribution in [0.25, 0.3) is 0 Å². The van der Waals surface area contributed by atoms with Crippen LogP contribution in [0.4, 0.5) is 0 Å². The van der Waals surface area contributed by atoms with Gasteiger partial charge in [-0.1, -0.05) is 17.7 Å². The maximum absolute atomic E-state index is 12.3. The zero-order valence-corrected chi connectivity index (χ0v) is 12.7. The lowest BCUT2D eigenvalue weighted by atomic mass is 10.1. The molecule has 2 aliphatic rings. The van der Waals surface area contributed by atoms with E-state index in [1.165, 1.54) is 6.42 Å². The molecular weight excluding hydrogens is 298 g/mol. The van der Waals surface area contributed by atoms with Crippen LogP contribution in [-0.2, 0) is 21.0 Å². The number of sulfone groups is 1. The molecule has 0 radical (unpaired) electrons. The van der Waals surface area contributed by atoms with Gasteiger partial charge in [-0.15, -0.1) is 0 Å². The summed E-state index contributed by atoms with van der Waals surface area (Å²) in [6.07, 6.45) is 3.26. The molecule has 1 N–H and O–H groups in total. The third kappa shape index (κ3) is 2.72. The van der Waals surface area contributed by atoms with Gasteiger partial charge in [0.15, 0.2) is 9.84 Å². The van der Waals surface area contributed by atoms with E-state index in [0.717, 1.165) is 24.9 Å². The van der Waals surface area contributed by atoms with Gasteiger partial charge in [0.25, 0.3) is 0 Å². The van der Waals surface area contributed by atoms with Crippen molar-refractivity contribution < 1.29 is 13.2 Å². The molecule has 4 nitrogen and oxygen atoms in total. The molecule has 0 amide bonds. The number of halogens is 1. The molecule has 0 saturated carbocycles. The Hall–Kier alpha value is -0.620. The van der Waals surface area contributed by atoms with Crippen LogP contribution in [0.1, 0.15) is 18.4 Å². The first-order valence-electron chi connectivity index (χ1n) is 6.91. The van der Waals surface area contributed by atoms with E-state index >= 15 is 0 Å². The third-order valence-corrected chi connectivity index (χ3v) is 6.54. The summed E-state index contributed by atoms with van der Waals surface area (Å²) in [6.45, 7) is 1.60. The van der Waals surface area contributed by atoms with Gasteiger partial charge in [-0.25, -0.2) is 8.42 Å². The highest BCUT2D eigenvalue weighted by atomic mass is 35.5. The summed E-state index contributed by atoms with van der Waals surface area (Å²) in [7, 11) is -3.35. The molecule has 0 spiro atoms. The number of benzene rings is 1. The number of ether oxygens (including phenoxy) is 1. The highest BCUT2D eigenvalue weighted by Crippen LogP contribution is 2.29. The molecule has 2 saturated heterocycles. The Morgan fingerprint density at radius 3 is 2.70 bits per heavy atom. The molecule has 0 bridgehead atoms. The Kier molecular flexibility index (Phi) is 4.04. The lowest BCUT2D eigenvalue weighted by Gasteiger charge is -2.26. The van der Waals surface area contributed by atoms with Crippen LogP contribution in [0.15, 0.2) is 23.1 Å². The normalized spacial score (nSPS) is 23.8. The first-order valence-corrected chi connectivity index (χ1v) is 8.83. The number of hydrogen-bond donors (Lipinski definition) is 1. The van der Waals surface area contributed by atoms with E-state index in [0.29, 0.717) is 11.1 Å². The van der Waals surface area contributed by atoms with Gasteiger partial charge in [0, 0.05) is 6.04 Å². The summed E-state index contributed by atoms with van der Waals surface area (Å²) >= 11 is 6.18. The van der Waals surface area contributed by atoms with Crippen molar-refractivity contribution in [1.82, 2.24) is 5.32 Å². The minimum Gasteiger partial charge on any atom is -0.379 e. The first-order chi connectivity index (χ1) is 9.57. The fourth-order valence-electron chi connectivity index (χ4n) is 2.69. The van der Waals surface area contributed by atoms with E-state index in [2.05, 4.69) is 5.32 Å². The molecule has 3 rings (SSSR count). The summed E-state index contributed by atoms with van der Waals surface area (Å²) in [4.78, 5) is 0.232. The summed E-state index contributed by atoms with van der Waals surface area (Å²) in [5, 5.41) is 3.31. The molecule has 0 aromatic heterocycles. The van der Waals surface area contributed by atoms with E-state index in [1.807, 2.05) is 6.07 Å². The van der Waals surface area contributed by atoms with Gasteiger partial charge in [-0.05, 0) is 43.5 Å². The highest BCUT2D eigenvalue weighted by Gasteiger charge is 2.35. The lowest BCUT2D eigenvalue weighted by Crippen LogP contribution is -2.40. The van der Waals surface area contributed by atoms with Gasteiger partial charge in [0.05, 0.1) is 23.1 Å². The maximum Gasteiger partial charge on any atom is 0.187 e. The van der Waals surface area contributed by atoms with Crippen LogP contribution >= 0.6 is 11.6 Å². The van der Waals surface area contributed by atoms with Gasteiger partial charge < -0.3 is 10.1 Å². The van der Waals surface area contributed by atoms with Gasteiger partial charge in [0.1, 0.15) is 5.25 Å². The van der Waals surface area contributed by atoms with Crippen LogP contribution < -0.4 is 5.32 Å². The SMILES string of the molecule is O=S(=O)(c1ccc(CC2CCCN2)cc1Cl)C1COC1. The summed E-state index contributed by atoms with van der Waals surface area (Å²) in [5.74, 6) is 0. The van der Waals surface area contributed by atoms with Crippen molar-refractivity contribution in [2.75, 3.05) is 19.8 Å². The number of hydrogen-bond acceptors (Lipinski definition) is 4. The Labute approximate surface area is 124 Å². The zero-order valence-electron chi connectivity index (χ0n) is 11.1. The van der Waals surface area contributed by atoms with Crippen LogP contribution in [-0.4, -0.2) is 39.5 Å². The second-order valence-electron chi connectivity index (χ2n) is 5.47. The Morgan fingerprint density at radius 2 is 2.15 bits per heavy atom. The van der Waals surface area contributed by atoms with Crippen LogP contribution in [0.5, 0.6) is 0 Å². The molecule has 1 atom stereocenters. The van der Waals surface area contributed by atoms with E-state index in [1.54, 1.807) is 12.1 Å². The third-order valence-electron chi connectivity index (χ3n) is 3.99. The lowest BCUT2D eigenvalue weighted by molar-refractivity contribution is 0.0416. The quantitative estimate of drug-likeness (QED) is 0.920. The van der Waals surface area contributed by atoms with Crippen LogP contribution in [0.3, 0.4) is 0 Å². The van der Waals surface area contributed by atoms with Crippen molar-refractivity contribution in [3.05, 3.63) is 28.8 Å². The predicted octanol–water partition coefficient (Wildman–Crippen LogP) is 1.81. The Morgan fingerprint density at radius 1 is 1.35 bits per heavy atom. The molecule has 2 fully saturated rings. The van der Waals surface area contributed by atoms with Crippen molar-refractivity contribution in [3.8, 4) is 0 Å². The summed E-state index contributed by atoms with van der Waals surface area (Å²) in [6, 6.07) is 5.78. The standard InChI is InChI=1S/C14H18ClNO3S/c15-13-7-10(6-11-2-1-5-16-11)3-4-14(13)20(17,18)12-8-19-9-12/h3-4,7,11-12,16H,1-2,5-6,8-9H2. The van der Waals surface area contributed by atoms with Crippen molar-refractivity contribution in [2.24, 2.45) is 0 Å². The fraction of sp³-hybridized carbons (Fsp3) is 0.571. The van der Waals surface area contributed by atoms with E-state index in [-0.39, 0.29) is 18.1 Å². The summed E-state index contributed by atoms with van der Waals surface area (Å²) < 4.78 is 29.6. The molecule has 2 aliphatic heterocycles. The highest BCUT2D eigenvalue weighted by molar-refractivity contribution is 7.92. The zero-order chi connectivity index (χ0) is 14.2. The second-order valence-corrected chi connectivity index (χ2v) is 8.07. The molecule has 110 valence electrons. The Balaban J connectivity index is 1.80. The van der Waals surface area contributed by atoms with Gasteiger partial charge in [-0.3, -0.25) is 0 Å². The van der Waals surface area contributed by atoms with Gasteiger partial charge in [0.2, 0.25) is 0 Å². The van der Waals surface area contributed by atoms with Gasteiger partial charge >= 0.3 is 0 Å². The van der Waals surface area contributed by atoms with E-state index < -0.39 is 15.1 Å². The van der Waals surface area contributed by atoms with Crippen molar-refractivity contribution >= 4 is 21.4 Å². The molecule has 1 aromatic rings. The average molecular weight is 316 g/mol. The van der Waals surface area contributed by atoms with Gasteiger partial charge in [-0.2, -0.15) is 0 Å². The molecule has 0 aliphatic carbocycles. The minimum absolute atomic E-state index is 0.232. The summed E-state index contributed by atoms with van der Waals surface area (Å²) in [5.41, 5.74) is 1.08. The predicted molar refractivity (Wildman–Crippen MR) is 78.0 cm³/mol. The van der Waals surface area contributed by atoms with Crippen LogP contribution in [0.2, 0.25) is 5.02 Å². The number of nitrogens with one attached hydrogen (secondary N) is 1. The molecule has 1 unspecified atom stereocenters. The molecular formula is C14H18ClNO3S.